The molecular weight excluding hydrogens is 219 g/mol. The average Bonchev–Trinajstić information content (AvgIpc) is 2.12. The molecule has 5 heteroatoms. The van der Waals surface area contributed by atoms with Gasteiger partial charge in [0.05, 0.1) is 5.60 Å². The fourth-order valence-corrected chi connectivity index (χ4v) is 1.17. The van der Waals surface area contributed by atoms with Crippen molar-refractivity contribution in [1.82, 2.24) is 0 Å². The Kier molecular flexibility index (Phi) is 3.80. The van der Waals surface area contributed by atoms with Gasteiger partial charge >= 0.3 is 0 Å². The molecule has 1 rings (SSSR count). The van der Waals surface area contributed by atoms with Crippen molar-refractivity contribution in [3.8, 4) is 0 Å². The van der Waals surface area contributed by atoms with Gasteiger partial charge in [-0.25, -0.2) is 13.2 Å². The van der Waals surface area contributed by atoms with Crippen LogP contribution in [0.25, 0.3) is 0 Å². The van der Waals surface area contributed by atoms with Crippen molar-refractivity contribution in [2.75, 3.05) is 11.9 Å². The SMILES string of the molecule is CC(C)(O)CCNc1cc(F)c(F)c(F)c1. The van der Waals surface area contributed by atoms with Crippen molar-refractivity contribution < 1.29 is 18.3 Å². The van der Waals surface area contributed by atoms with Crippen LogP contribution in [0.5, 0.6) is 0 Å². The maximum absolute atomic E-state index is 12.8. The lowest BCUT2D eigenvalue weighted by atomic mass is 10.1. The Bertz CT molecular complexity index is 351. The molecule has 0 spiro atoms. The summed E-state index contributed by atoms with van der Waals surface area (Å²) in [6, 6.07) is 1.76. The van der Waals surface area contributed by atoms with Gasteiger partial charge in [0, 0.05) is 24.4 Å². The molecule has 2 nitrogen and oxygen atoms in total. The van der Waals surface area contributed by atoms with Crippen molar-refractivity contribution in [1.29, 1.82) is 0 Å². The summed E-state index contributed by atoms with van der Waals surface area (Å²) in [7, 11) is 0. The molecule has 0 aliphatic carbocycles. The topological polar surface area (TPSA) is 32.3 Å². The van der Waals surface area contributed by atoms with Gasteiger partial charge in [-0.1, -0.05) is 0 Å². The minimum atomic E-state index is -1.48. The second kappa shape index (κ2) is 4.74. The molecule has 0 saturated carbocycles. The molecule has 1 aromatic rings. The summed E-state index contributed by atoms with van der Waals surface area (Å²) in [5, 5.41) is 12.1. The van der Waals surface area contributed by atoms with E-state index < -0.39 is 23.1 Å². The van der Waals surface area contributed by atoms with Gasteiger partial charge in [0.25, 0.3) is 0 Å². The highest BCUT2D eigenvalue weighted by Crippen LogP contribution is 2.17. The van der Waals surface area contributed by atoms with E-state index in [-0.39, 0.29) is 5.69 Å². The molecule has 2 N–H and O–H groups in total. The third-order valence-corrected chi connectivity index (χ3v) is 2.05. The van der Waals surface area contributed by atoms with Crippen LogP contribution >= 0.6 is 0 Å². The van der Waals surface area contributed by atoms with Crippen LogP contribution in [-0.4, -0.2) is 17.3 Å². The second-order valence-corrected chi connectivity index (χ2v) is 4.24. The van der Waals surface area contributed by atoms with Crippen molar-refractivity contribution in [2.45, 2.75) is 25.9 Å². The predicted molar refractivity (Wildman–Crippen MR) is 55.7 cm³/mol. The van der Waals surface area contributed by atoms with Gasteiger partial charge in [-0.3, -0.25) is 0 Å². The summed E-state index contributed by atoms with van der Waals surface area (Å²) in [5.74, 6) is -3.94. The molecular formula is C11H14F3NO. The van der Waals surface area contributed by atoms with Gasteiger partial charge in [0.15, 0.2) is 17.5 Å². The molecule has 0 heterocycles. The maximum Gasteiger partial charge on any atom is 0.194 e. The van der Waals surface area contributed by atoms with E-state index in [4.69, 9.17) is 0 Å². The van der Waals surface area contributed by atoms with Gasteiger partial charge in [-0.15, -0.1) is 0 Å². The van der Waals surface area contributed by atoms with Crippen molar-refractivity contribution in [2.24, 2.45) is 0 Å². The molecule has 1 aromatic carbocycles. The zero-order valence-corrected chi connectivity index (χ0v) is 9.15. The van der Waals surface area contributed by atoms with Crippen molar-refractivity contribution in [3.05, 3.63) is 29.6 Å². The molecule has 0 radical (unpaired) electrons. The smallest absolute Gasteiger partial charge is 0.194 e. The zero-order valence-electron chi connectivity index (χ0n) is 9.15. The first-order chi connectivity index (χ1) is 7.29. The number of anilines is 1. The van der Waals surface area contributed by atoms with E-state index in [0.29, 0.717) is 13.0 Å². The van der Waals surface area contributed by atoms with E-state index in [1.165, 1.54) is 0 Å². The summed E-state index contributed by atoms with van der Waals surface area (Å²) in [5.41, 5.74) is -0.704. The first-order valence-electron chi connectivity index (χ1n) is 4.90. The molecule has 0 atom stereocenters. The minimum Gasteiger partial charge on any atom is -0.390 e. The van der Waals surface area contributed by atoms with E-state index in [1.807, 2.05) is 0 Å². The van der Waals surface area contributed by atoms with Crippen LogP contribution < -0.4 is 5.32 Å². The largest absolute Gasteiger partial charge is 0.390 e. The van der Waals surface area contributed by atoms with Crippen LogP contribution in [0.1, 0.15) is 20.3 Å². The van der Waals surface area contributed by atoms with Crippen LogP contribution in [-0.2, 0) is 0 Å². The monoisotopic (exact) mass is 233 g/mol. The van der Waals surface area contributed by atoms with Crippen LogP contribution in [0.15, 0.2) is 12.1 Å². The second-order valence-electron chi connectivity index (χ2n) is 4.24. The van der Waals surface area contributed by atoms with Crippen LogP contribution in [0.3, 0.4) is 0 Å². The quantitative estimate of drug-likeness (QED) is 0.784. The molecule has 0 unspecified atom stereocenters. The number of halogens is 3. The molecule has 90 valence electrons. The summed E-state index contributed by atoms with van der Waals surface area (Å²) in [6.07, 6.45) is 0.410. The van der Waals surface area contributed by atoms with Gasteiger partial charge in [0.2, 0.25) is 0 Å². The van der Waals surface area contributed by atoms with E-state index in [2.05, 4.69) is 5.32 Å². The minimum absolute atomic E-state index is 0.153. The molecule has 0 fully saturated rings. The normalized spacial score (nSPS) is 11.6. The van der Waals surface area contributed by atoms with Crippen LogP contribution in [0.4, 0.5) is 18.9 Å². The third kappa shape index (κ3) is 3.73. The molecule has 0 bridgehead atoms. The van der Waals surface area contributed by atoms with E-state index in [0.717, 1.165) is 12.1 Å². The lowest BCUT2D eigenvalue weighted by Gasteiger charge is -2.17. The fraction of sp³-hybridized carbons (Fsp3) is 0.455. The van der Waals surface area contributed by atoms with Gasteiger partial charge in [-0.05, 0) is 20.3 Å². The molecule has 16 heavy (non-hydrogen) atoms. The van der Waals surface area contributed by atoms with Crippen LogP contribution in [0, 0.1) is 17.5 Å². The first-order valence-corrected chi connectivity index (χ1v) is 4.90. The predicted octanol–water partition coefficient (Wildman–Crippen LogP) is 2.68. The number of hydrogen-bond acceptors (Lipinski definition) is 2. The molecule has 0 amide bonds. The number of aliphatic hydroxyl groups is 1. The highest BCUT2D eigenvalue weighted by molar-refractivity contribution is 5.44. The molecule has 0 aromatic heterocycles. The summed E-state index contributed by atoms with van der Waals surface area (Å²) in [6.45, 7) is 3.59. The standard InChI is InChI=1S/C11H14F3NO/c1-11(2,16)3-4-15-7-5-8(12)10(14)9(13)6-7/h5-6,15-16H,3-4H2,1-2H3. The van der Waals surface area contributed by atoms with E-state index in [9.17, 15) is 18.3 Å². The molecule has 0 aliphatic heterocycles. The molecule has 0 saturated heterocycles. The Morgan fingerprint density at radius 1 is 1.19 bits per heavy atom. The summed E-state index contributed by atoms with van der Waals surface area (Å²) >= 11 is 0. The molecule has 0 aliphatic rings. The Hall–Kier alpha value is -1.23. The highest BCUT2D eigenvalue weighted by atomic mass is 19.2. The Balaban J connectivity index is 2.62. The van der Waals surface area contributed by atoms with Crippen LogP contribution in [0.2, 0.25) is 0 Å². The van der Waals surface area contributed by atoms with E-state index in [1.54, 1.807) is 13.8 Å². The van der Waals surface area contributed by atoms with Gasteiger partial charge in [0.1, 0.15) is 0 Å². The summed E-state index contributed by atoms with van der Waals surface area (Å²) < 4.78 is 38.2. The van der Waals surface area contributed by atoms with Crippen molar-refractivity contribution in [3.63, 3.8) is 0 Å². The number of nitrogens with one attached hydrogen (secondary N) is 1. The Morgan fingerprint density at radius 3 is 2.12 bits per heavy atom. The third-order valence-electron chi connectivity index (χ3n) is 2.05. The number of rotatable bonds is 4. The Morgan fingerprint density at radius 2 is 1.69 bits per heavy atom. The van der Waals surface area contributed by atoms with E-state index >= 15 is 0 Å². The number of hydrogen-bond donors (Lipinski definition) is 2. The highest BCUT2D eigenvalue weighted by Gasteiger charge is 2.13. The average molecular weight is 233 g/mol. The maximum atomic E-state index is 12.8. The van der Waals surface area contributed by atoms with Gasteiger partial charge in [-0.2, -0.15) is 0 Å². The lowest BCUT2D eigenvalue weighted by molar-refractivity contribution is 0.0749. The summed E-state index contributed by atoms with van der Waals surface area (Å²) in [4.78, 5) is 0. The fourth-order valence-electron chi connectivity index (χ4n) is 1.17. The Labute approximate surface area is 92.1 Å². The first kappa shape index (κ1) is 12.8. The number of benzene rings is 1. The lowest BCUT2D eigenvalue weighted by Crippen LogP contribution is -2.22. The zero-order chi connectivity index (χ0) is 12.3. The van der Waals surface area contributed by atoms with Crippen molar-refractivity contribution >= 4 is 5.69 Å². The van der Waals surface area contributed by atoms with Gasteiger partial charge < -0.3 is 10.4 Å².